The monoisotopic (exact) mass is 322 g/mol. The van der Waals surface area contributed by atoms with Crippen LogP contribution in [0.1, 0.15) is 58.4 Å². The van der Waals surface area contributed by atoms with Crippen LogP contribution in [0.2, 0.25) is 0 Å². The lowest BCUT2D eigenvalue weighted by Gasteiger charge is -2.30. The van der Waals surface area contributed by atoms with Crippen molar-refractivity contribution in [3.8, 4) is 0 Å². The Balaban J connectivity index is 1.76. The van der Waals surface area contributed by atoms with Gasteiger partial charge < -0.3 is 0 Å². The summed E-state index contributed by atoms with van der Waals surface area (Å²) in [4.78, 5) is 0. The third kappa shape index (κ3) is 4.84. The molecule has 22 heavy (non-hydrogen) atoms. The summed E-state index contributed by atoms with van der Waals surface area (Å²) < 4.78 is 24.0. The molecular weight excluding hydrogens is 292 g/mol. The Kier molecular flexibility index (Phi) is 5.70. The predicted octanol–water partition coefficient (Wildman–Crippen LogP) is 4.64. The van der Waals surface area contributed by atoms with E-state index in [4.69, 9.17) is 0 Å². The molecule has 0 radical (unpaired) electrons. The Morgan fingerprint density at radius 1 is 0.955 bits per heavy atom. The van der Waals surface area contributed by atoms with Crippen LogP contribution in [0.5, 0.6) is 0 Å². The molecule has 0 heterocycles. The van der Waals surface area contributed by atoms with Gasteiger partial charge in [-0.2, -0.15) is 0 Å². The SMILES string of the molecule is CC(C)(C)S(=O)(=O)CC1CCC(CCc2ccccc2)CC1. The van der Waals surface area contributed by atoms with Crippen molar-refractivity contribution in [1.82, 2.24) is 0 Å². The third-order valence-corrected chi connectivity index (χ3v) is 7.81. The van der Waals surface area contributed by atoms with Crippen LogP contribution in [-0.4, -0.2) is 18.9 Å². The lowest BCUT2D eigenvalue weighted by atomic mass is 9.80. The molecule has 0 unspecified atom stereocenters. The number of sulfone groups is 1. The maximum absolute atomic E-state index is 12.3. The van der Waals surface area contributed by atoms with Crippen molar-refractivity contribution in [3.05, 3.63) is 35.9 Å². The van der Waals surface area contributed by atoms with Crippen LogP contribution in [0.4, 0.5) is 0 Å². The molecule has 1 aromatic carbocycles. The van der Waals surface area contributed by atoms with Gasteiger partial charge in [-0.05, 0) is 63.9 Å². The molecule has 0 atom stereocenters. The minimum absolute atomic E-state index is 0.372. The first-order valence-corrected chi connectivity index (χ1v) is 10.2. The van der Waals surface area contributed by atoms with E-state index in [1.54, 1.807) is 0 Å². The van der Waals surface area contributed by atoms with E-state index in [0.717, 1.165) is 25.2 Å². The fraction of sp³-hybridized carbons (Fsp3) is 0.684. The molecule has 2 rings (SSSR count). The minimum atomic E-state index is -2.97. The van der Waals surface area contributed by atoms with Crippen LogP contribution < -0.4 is 0 Å². The second-order valence-electron chi connectivity index (χ2n) is 7.80. The smallest absolute Gasteiger partial charge is 0.155 e. The quantitative estimate of drug-likeness (QED) is 0.791. The Bertz CT molecular complexity index is 547. The van der Waals surface area contributed by atoms with Crippen LogP contribution in [-0.2, 0) is 16.3 Å². The van der Waals surface area contributed by atoms with Crippen LogP contribution >= 0.6 is 0 Å². The average Bonchev–Trinajstić information content (AvgIpc) is 2.46. The molecule has 0 spiro atoms. The Morgan fingerprint density at radius 2 is 1.50 bits per heavy atom. The molecule has 1 aliphatic carbocycles. The molecule has 1 saturated carbocycles. The molecule has 1 aliphatic rings. The molecule has 0 aromatic heterocycles. The molecule has 0 aliphatic heterocycles. The zero-order valence-electron chi connectivity index (χ0n) is 14.2. The number of aryl methyl sites for hydroxylation is 1. The van der Waals surface area contributed by atoms with Gasteiger partial charge in [0.15, 0.2) is 9.84 Å². The summed E-state index contributed by atoms with van der Waals surface area (Å²) in [6.45, 7) is 5.44. The Labute approximate surface area is 136 Å². The molecule has 1 fully saturated rings. The lowest BCUT2D eigenvalue weighted by molar-refractivity contribution is 0.278. The van der Waals surface area contributed by atoms with Gasteiger partial charge in [-0.25, -0.2) is 8.42 Å². The molecular formula is C19H30O2S. The zero-order chi connectivity index (χ0) is 16.2. The van der Waals surface area contributed by atoms with E-state index in [2.05, 4.69) is 30.3 Å². The van der Waals surface area contributed by atoms with E-state index >= 15 is 0 Å². The van der Waals surface area contributed by atoms with Gasteiger partial charge in [0.2, 0.25) is 0 Å². The van der Waals surface area contributed by atoms with Gasteiger partial charge in [-0.15, -0.1) is 0 Å². The minimum Gasteiger partial charge on any atom is -0.228 e. The molecule has 124 valence electrons. The maximum atomic E-state index is 12.3. The summed E-state index contributed by atoms with van der Waals surface area (Å²) in [5, 5.41) is 0. The predicted molar refractivity (Wildman–Crippen MR) is 93.8 cm³/mol. The summed E-state index contributed by atoms with van der Waals surface area (Å²) >= 11 is 0. The summed E-state index contributed by atoms with van der Waals surface area (Å²) in [6, 6.07) is 10.7. The first kappa shape index (κ1) is 17.5. The maximum Gasteiger partial charge on any atom is 0.155 e. The van der Waals surface area contributed by atoms with Crippen molar-refractivity contribution < 1.29 is 8.42 Å². The van der Waals surface area contributed by atoms with Crippen LogP contribution in [0.15, 0.2) is 30.3 Å². The summed E-state index contributed by atoms with van der Waals surface area (Å²) in [7, 11) is -2.97. The molecule has 0 N–H and O–H groups in total. The van der Waals surface area contributed by atoms with Gasteiger partial charge in [0.25, 0.3) is 0 Å². The summed E-state index contributed by atoms with van der Waals surface area (Å²) in [5.41, 5.74) is 1.42. The van der Waals surface area contributed by atoms with Gasteiger partial charge in [-0.3, -0.25) is 0 Å². The van der Waals surface area contributed by atoms with Crippen molar-refractivity contribution >= 4 is 9.84 Å². The second kappa shape index (κ2) is 7.16. The molecule has 2 nitrogen and oxygen atoms in total. The van der Waals surface area contributed by atoms with E-state index < -0.39 is 14.6 Å². The number of hydrogen-bond donors (Lipinski definition) is 0. The van der Waals surface area contributed by atoms with E-state index in [0.29, 0.717) is 11.7 Å². The highest BCUT2D eigenvalue weighted by molar-refractivity contribution is 7.92. The van der Waals surface area contributed by atoms with Crippen molar-refractivity contribution in [2.75, 3.05) is 5.75 Å². The van der Waals surface area contributed by atoms with Gasteiger partial charge in [0.1, 0.15) is 0 Å². The molecule has 0 amide bonds. The highest BCUT2D eigenvalue weighted by Gasteiger charge is 2.33. The van der Waals surface area contributed by atoms with Crippen molar-refractivity contribution in [2.45, 2.75) is 64.0 Å². The van der Waals surface area contributed by atoms with E-state index in [1.807, 2.05) is 20.8 Å². The van der Waals surface area contributed by atoms with E-state index in [-0.39, 0.29) is 0 Å². The summed E-state index contributed by atoms with van der Waals surface area (Å²) in [5.74, 6) is 1.52. The first-order valence-electron chi connectivity index (χ1n) is 8.54. The van der Waals surface area contributed by atoms with Crippen LogP contribution in [0.3, 0.4) is 0 Å². The highest BCUT2D eigenvalue weighted by atomic mass is 32.2. The molecule has 1 aromatic rings. The van der Waals surface area contributed by atoms with Gasteiger partial charge in [0.05, 0.1) is 10.5 Å². The topological polar surface area (TPSA) is 34.1 Å². The third-order valence-electron chi connectivity index (χ3n) is 5.04. The Hall–Kier alpha value is -0.830. The number of rotatable bonds is 5. The van der Waals surface area contributed by atoms with Crippen molar-refractivity contribution in [2.24, 2.45) is 11.8 Å². The fourth-order valence-electron chi connectivity index (χ4n) is 3.26. The molecule has 3 heteroatoms. The molecule has 0 bridgehead atoms. The van der Waals surface area contributed by atoms with Crippen molar-refractivity contribution in [1.29, 1.82) is 0 Å². The molecule has 0 saturated heterocycles. The highest BCUT2D eigenvalue weighted by Crippen LogP contribution is 2.33. The average molecular weight is 323 g/mol. The lowest BCUT2D eigenvalue weighted by Crippen LogP contribution is -2.34. The van der Waals surface area contributed by atoms with Crippen molar-refractivity contribution in [3.63, 3.8) is 0 Å². The zero-order valence-corrected chi connectivity index (χ0v) is 15.0. The Morgan fingerprint density at radius 3 is 2.05 bits per heavy atom. The van der Waals surface area contributed by atoms with E-state index in [9.17, 15) is 8.42 Å². The van der Waals surface area contributed by atoms with E-state index in [1.165, 1.54) is 24.8 Å². The van der Waals surface area contributed by atoms with Gasteiger partial charge in [-0.1, -0.05) is 43.2 Å². The van der Waals surface area contributed by atoms with Crippen LogP contribution in [0.25, 0.3) is 0 Å². The van der Waals surface area contributed by atoms with Crippen LogP contribution in [0, 0.1) is 11.8 Å². The standard InChI is InChI=1S/C19H30O2S/c1-19(2,3)22(20,21)15-18-13-11-17(12-14-18)10-9-16-7-5-4-6-8-16/h4-8,17-18H,9-15H2,1-3H3. The normalized spacial score (nSPS) is 23.4. The fourth-order valence-corrected chi connectivity index (χ4v) is 4.72. The first-order chi connectivity index (χ1) is 10.3. The number of benzene rings is 1. The summed E-state index contributed by atoms with van der Waals surface area (Å²) in [6.07, 6.45) is 6.93. The van der Waals surface area contributed by atoms with Gasteiger partial charge >= 0.3 is 0 Å². The van der Waals surface area contributed by atoms with Gasteiger partial charge in [0, 0.05) is 0 Å². The number of hydrogen-bond acceptors (Lipinski definition) is 2. The second-order valence-corrected chi connectivity index (χ2v) is 10.6. The largest absolute Gasteiger partial charge is 0.228 e.